The molecule has 0 radical (unpaired) electrons. The number of aromatic nitrogens is 2. The van der Waals surface area contributed by atoms with Crippen LogP contribution in [0.5, 0.6) is 0 Å². The SMILES string of the molecule is Nc1ccc2c(c1)CCN2c1ccnc(N)n1. The summed E-state index contributed by atoms with van der Waals surface area (Å²) in [4.78, 5) is 10.3. The summed E-state index contributed by atoms with van der Waals surface area (Å²) < 4.78 is 0. The van der Waals surface area contributed by atoms with E-state index in [2.05, 4.69) is 14.9 Å². The first-order valence-electron chi connectivity index (χ1n) is 5.48. The minimum absolute atomic E-state index is 0.298. The number of benzene rings is 1. The van der Waals surface area contributed by atoms with Crippen LogP contribution in [0.25, 0.3) is 0 Å². The zero-order chi connectivity index (χ0) is 11.8. The number of hydrogen-bond donors (Lipinski definition) is 2. The number of nitrogen functional groups attached to an aromatic ring is 2. The first-order valence-corrected chi connectivity index (χ1v) is 5.48. The molecule has 0 aliphatic carbocycles. The summed E-state index contributed by atoms with van der Waals surface area (Å²) in [5, 5.41) is 0. The number of nitrogens with zero attached hydrogens (tertiary/aromatic N) is 3. The molecule has 5 nitrogen and oxygen atoms in total. The van der Waals surface area contributed by atoms with Crippen LogP contribution in [-0.2, 0) is 6.42 Å². The molecule has 0 amide bonds. The maximum atomic E-state index is 5.77. The molecule has 17 heavy (non-hydrogen) atoms. The minimum Gasteiger partial charge on any atom is -0.399 e. The normalized spacial score (nSPS) is 13.8. The van der Waals surface area contributed by atoms with Gasteiger partial charge in [-0.05, 0) is 36.2 Å². The minimum atomic E-state index is 0.298. The van der Waals surface area contributed by atoms with Crippen LogP contribution in [0, 0.1) is 0 Å². The monoisotopic (exact) mass is 227 g/mol. The highest BCUT2D eigenvalue weighted by Gasteiger charge is 2.21. The topological polar surface area (TPSA) is 81.1 Å². The van der Waals surface area contributed by atoms with Crippen molar-refractivity contribution in [2.24, 2.45) is 0 Å². The van der Waals surface area contributed by atoms with E-state index in [4.69, 9.17) is 11.5 Å². The molecule has 86 valence electrons. The van der Waals surface area contributed by atoms with Crippen molar-refractivity contribution in [2.75, 3.05) is 22.9 Å². The van der Waals surface area contributed by atoms with Crippen molar-refractivity contribution in [3.63, 3.8) is 0 Å². The second-order valence-electron chi connectivity index (χ2n) is 4.06. The summed E-state index contributed by atoms with van der Waals surface area (Å²) in [5.74, 6) is 1.13. The third-order valence-electron chi connectivity index (χ3n) is 2.94. The number of nitrogens with two attached hydrogens (primary N) is 2. The van der Waals surface area contributed by atoms with E-state index in [0.717, 1.165) is 30.2 Å². The highest BCUT2D eigenvalue weighted by atomic mass is 15.2. The van der Waals surface area contributed by atoms with Gasteiger partial charge in [0, 0.05) is 24.1 Å². The summed E-state index contributed by atoms with van der Waals surface area (Å²) in [6, 6.07) is 7.80. The third kappa shape index (κ3) is 1.65. The van der Waals surface area contributed by atoms with Crippen molar-refractivity contribution in [3.8, 4) is 0 Å². The van der Waals surface area contributed by atoms with Crippen LogP contribution < -0.4 is 16.4 Å². The van der Waals surface area contributed by atoms with E-state index in [9.17, 15) is 0 Å². The Hall–Kier alpha value is -2.30. The van der Waals surface area contributed by atoms with Crippen LogP contribution in [0.15, 0.2) is 30.5 Å². The van der Waals surface area contributed by atoms with Gasteiger partial charge < -0.3 is 16.4 Å². The molecular weight excluding hydrogens is 214 g/mol. The Bertz CT molecular complexity index is 567. The molecule has 4 N–H and O–H groups in total. The zero-order valence-electron chi connectivity index (χ0n) is 9.30. The maximum absolute atomic E-state index is 5.77. The van der Waals surface area contributed by atoms with Gasteiger partial charge in [-0.3, -0.25) is 0 Å². The molecule has 3 rings (SSSR count). The van der Waals surface area contributed by atoms with Gasteiger partial charge in [0.2, 0.25) is 5.95 Å². The van der Waals surface area contributed by atoms with Crippen LogP contribution in [0.1, 0.15) is 5.56 Å². The van der Waals surface area contributed by atoms with Crippen molar-refractivity contribution in [1.82, 2.24) is 9.97 Å². The van der Waals surface area contributed by atoms with Gasteiger partial charge in [-0.15, -0.1) is 0 Å². The average molecular weight is 227 g/mol. The Morgan fingerprint density at radius 2 is 2.06 bits per heavy atom. The number of hydrogen-bond acceptors (Lipinski definition) is 5. The lowest BCUT2D eigenvalue weighted by Gasteiger charge is -2.18. The van der Waals surface area contributed by atoms with Crippen LogP contribution in [0.3, 0.4) is 0 Å². The van der Waals surface area contributed by atoms with E-state index in [-0.39, 0.29) is 0 Å². The molecule has 1 aliphatic heterocycles. The van der Waals surface area contributed by atoms with Crippen LogP contribution >= 0.6 is 0 Å². The lowest BCUT2D eigenvalue weighted by atomic mass is 10.1. The summed E-state index contributed by atoms with van der Waals surface area (Å²) in [5.41, 5.74) is 14.6. The van der Waals surface area contributed by atoms with E-state index in [1.54, 1.807) is 6.20 Å². The summed E-state index contributed by atoms with van der Waals surface area (Å²) in [7, 11) is 0. The quantitative estimate of drug-likeness (QED) is 0.718. The van der Waals surface area contributed by atoms with E-state index >= 15 is 0 Å². The molecule has 0 fully saturated rings. The lowest BCUT2D eigenvalue weighted by Crippen LogP contribution is -2.15. The summed E-state index contributed by atoms with van der Waals surface area (Å²) in [6.45, 7) is 0.898. The smallest absolute Gasteiger partial charge is 0.221 e. The molecule has 0 spiro atoms. The fourth-order valence-corrected chi connectivity index (χ4v) is 2.17. The fourth-order valence-electron chi connectivity index (χ4n) is 2.17. The summed E-state index contributed by atoms with van der Waals surface area (Å²) in [6.07, 6.45) is 2.65. The Balaban J connectivity index is 2.04. The Labute approximate surface area is 99.1 Å². The fraction of sp³-hybridized carbons (Fsp3) is 0.167. The molecule has 0 saturated carbocycles. The highest BCUT2D eigenvalue weighted by Crippen LogP contribution is 2.34. The van der Waals surface area contributed by atoms with Crippen molar-refractivity contribution in [1.29, 1.82) is 0 Å². The van der Waals surface area contributed by atoms with Gasteiger partial charge in [0.1, 0.15) is 5.82 Å². The first-order chi connectivity index (χ1) is 8.24. The standard InChI is InChI=1S/C12H13N5/c13-9-1-2-10-8(7-9)4-6-17(10)11-3-5-15-12(14)16-11/h1-3,5,7H,4,6,13H2,(H2,14,15,16). The van der Waals surface area contributed by atoms with Gasteiger partial charge in [0.05, 0.1) is 0 Å². The molecule has 2 heterocycles. The van der Waals surface area contributed by atoms with Crippen molar-refractivity contribution < 1.29 is 0 Å². The second kappa shape index (κ2) is 3.62. The first kappa shape index (κ1) is 9.89. The maximum Gasteiger partial charge on any atom is 0.221 e. The second-order valence-corrected chi connectivity index (χ2v) is 4.06. The predicted molar refractivity (Wildman–Crippen MR) is 68.0 cm³/mol. The van der Waals surface area contributed by atoms with Crippen molar-refractivity contribution >= 4 is 23.1 Å². The Morgan fingerprint density at radius 1 is 1.18 bits per heavy atom. The van der Waals surface area contributed by atoms with E-state index in [0.29, 0.717) is 5.95 Å². The zero-order valence-corrected chi connectivity index (χ0v) is 9.30. The molecule has 0 saturated heterocycles. The Kier molecular flexibility index (Phi) is 2.11. The van der Waals surface area contributed by atoms with Crippen LogP contribution in [0.4, 0.5) is 23.1 Å². The van der Waals surface area contributed by atoms with Gasteiger partial charge in [0.25, 0.3) is 0 Å². The third-order valence-corrected chi connectivity index (χ3v) is 2.94. The van der Waals surface area contributed by atoms with Crippen LogP contribution in [-0.4, -0.2) is 16.5 Å². The van der Waals surface area contributed by atoms with Gasteiger partial charge in [-0.25, -0.2) is 4.98 Å². The van der Waals surface area contributed by atoms with Crippen LogP contribution in [0.2, 0.25) is 0 Å². The molecule has 0 bridgehead atoms. The van der Waals surface area contributed by atoms with Crippen molar-refractivity contribution in [3.05, 3.63) is 36.0 Å². The molecule has 1 aromatic heterocycles. The molecule has 0 atom stereocenters. The molecule has 2 aromatic rings. The molecular formula is C12H13N5. The van der Waals surface area contributed by atoms with E-state index < -0.39 is 0 Å². The molecule has 0 unspecified atom stereocenters. The van der Waals surface area contributed by atoms with E-state index in [1.165, 1.54) is 5.56 Å². The summed E-state index contributed by atoms with van der Waals surface area (Å²) >= 11 is 0. The van der Waals surface area contributed by atoms with Gasteiger partial charge in [0.15, 0.2) is 0 Å². The van der Waals surface area contributed by atoms with Gasteiger partial charge in [-0.1, -0.05) is 0 Å². The number of fused-ring (bicyclic) bond motifs is 1. The largest absolute Gasteiger partial charge is 0.399 e. The predicted octanol–water partition coefficient (Wildman–Crippen LogP) is 1.34. The van der Waals surface area contributed by atoms with Gasteiger partial charge in [-0.2, -0.15) is 4.98 Å². The molecule has 1 aromatic carbocycles. The molecule has 1 aliphatic rings. The highest BCUT2D eigenvalue weighted by molar-refractivity contribution is 5.70. The van der Waals surface area contributed by atoms with E-state index in [1.807, 2.05) is 24.3 Å². The van der Waals surface area contributed by atoms with Gasteiger partial charge >= 0.3 is 0 Å². The molecule has 5 heteroatoms. The number of rotatable bonds is 1. The average Bonchev–Trinajstić information content (AvgIpc) is 2.71. The van der Waals surface area contributed by atoms with Crippen molar-refractivity contribution in [2.45, 2.75) is 6.42 Å². The Morgan fingerprint density at radius 3 is 2.88 bits per heavy atom. The number of anilines is 4. The lowest BCUT2D eigenvalue weighted by molar-refractivity contribution is 0.968.